The minimum absolute atomic E-state index is 0.0222. The normalized spacial score (nSPS) is 41.6. The number of Topliss-reactive ketones (excluding diaryl/α,β-unsaturated/α-hetero) is 2. The van der Waals surface area contributed by atoms with Gasteiger partial charge < -0.3 is 10.6 Å². The predicted molar refractivity (Wildman–Crippen MR) is 117 cm³/mol. The van der Waals surface area contributed by atoms with Crippen molar-refractivity contribution in [2.75, 3.05) is 13.1 Å². The molecule has 4 aliphatic carbocycles. The molecule has 0 saturated heterocycles. The number of hydrogen-bond donors (Lipinski definition) is 2. The topological polar surface area (TPSA) is 92.3 Å². The summed E-state index contributed by atoms with van der Waals surface area (Å²) in [7, 11) is 0. The molecule has 4 fully saturated rings. The minimum atomic E-state index is -0.608. The van der Waals surface area contributed by atoms with Crippen LogP contribution in [0, 0.1) is 32.5 Å². The first-order valence-electron chi connectivity index (χ1n) is 11.9. The standard InChI is InChI=1S/C25H38N2O4/c1-20(2)22(5)8-10-24(20,14-16(22)28)18(30)26-12-7-13-27-19(31)25-11-9-23(6,17(29)15-25)21(25,3)4/h7-15H2,1-6H3,(H,26,30)(H,27,31)/t22-,23+,24-,25-/m0/s1. The number of nitrogens with one attached hydrogen (secondary N) is 2. The third-order valence-electron chi connectivity index (χ3n) is 11.2. The molecule has 6 nitrogen and oxygen atoms in total. The van der Waals surface area contributed by atoms with Gasteiger partial charge in [0.2, 0.25) is 11.8 Å². The second kappa shape index (κ2) is 6.41. The Morgan fingerprint density at radius 3 is 1.29 bits per heavy atom. The van der Waals surface area contributed by atoms with Gasteiger partial charge in [-0.1, -0.05) is 41.5 Å². The van der Waals surface area contributed by atoms with Gasteiger partial charge in [-0.25, -0.2) is 0 Å². The van der Waals surface area contributed by atoms with Crippen LogP contribution in [0.5, 0.6) is 0 Å². The Morgan fingerprint density at radius 2 is 1.03 bits per heavy atom. The third-order valence-corrected chi connectivity index (χ3v) is 11.2. The molecule has 4 atom stereocenters. The lowest BCUT2D eigenvalue weighted by atomic mass is 9.64. The van der Waals surface area contributed by atoms with E-state index >= 15 is 0 Å². The number of carbonyl (C=O) groups excluding carboxylic acids is 4. The van der Waals surface area contributed by atoms with Crippen LogP contribution in [0.15, 0.2) is 0 Å². The monoisotopic (exact) mass is 430 g/mol. The van der Waals surface area contributed by atoms with E-state index in [1.54, 1.807) is 0 Å². The summed E-state index contributed by atoms with van der Waals surface area (Å²) in [5.41, 5.74) is -2.71. The zero-order chi connectivity index (χ0) is 23.1. The van der Waals surface area contributed by atoms with Crippen LogP contribution in [0.1, 0.15) is 86.5 Å². The molecule has 0 heterocycles. The van der Waals surface area contributed by atoms with Crippen molar-refractivity contribution in [2.24, 2.45) is 32.5 Å². The summed E-state index contributed by atoms with van der Waals surface area (Å²) in [6.07, 6.45) is 4.37. The SMILES string of the molecule is CC1(C)[C@@]2(C(=O)NCCCNC(=O)[C@]34CC[C@](C)(C(=O)C3)C4(C)C)CC[C@@]1(C)C(=O)C2. The second-order valence-corrected chi connectivity index (χ2v) is 12.1. The van der Waals surface area contributed by atoms with E-state index in [1.807, 2.05) is 13.8 Å². The lowest BCUT2D eigenvalue weighted by Gasteiger charge is -2.39. The van der Waals surface area contributed by atoms with Gasteiger partial charge in [-0.2, -0.15) is 0 Å². The number of fused-ring (bicyclic) bond motifs is 4. The molecule has 2 N–H and O–H groups in total. The molecule has 0 aromatic heterocycles. The Balaban J connectivity index is 1.30. The molecule has 0 aromatic rings. The van der Waals surface area contributed by atoms with Crippen LogP contribution in [-0.2, 0) is 19.2 Å². The van der Waals surface area contributed by atoms with Crippen LogP contribution in [0.25, 0.3) is 0 Å². The van der Waals surface area contributed by atoms with Crippen molar-refractivity contribution in [1.82, 2.24) is 10.6 Å². The van der Waals surface area contributed by atoms with E-state index in [9.17, 15) is 19.2 Å². The average molecular weight is 431 g/mol. The lowest BCUT2D eigenvalue weighted by Crippen LogP contribution is -2.48. The fourth-order valence-corrected chi connectivity index (χ4v) is 7.55. The van der Waals surface area contributed by atoms with Crippen molar-refractivity contribution >= 4 is 23.4 Å². The quantitative estimate of drug-likeness (QED) is 0.633. The maximum atomic E-state index is 13.1. The van der Waals surface area contributed by atoms with Crippen LogP contribution in [0.4, 0.5) is 0 Å². The van der Waals surface area contributed by atoms with E-state index in [2.05, 4.69) is 38.3 Å². The molecular weight excluding hydrogens is 392 g/mol. The summed E-state index contributed by atoms with van der Waals surface area (Å²) in [6.45, 7) is 13.2. The first-order valence-corrected chi connectivity index (χ1v) is 11.9. The maximum Gasteiger partial charge on any atom is 0.227 e. The smallest absolute Gasteiger partial charge is 0.227 e. The van der Waals surface area contributed by atoms with Gasteiger partial charge >= 0.3 is 0 Å². The number of hydrogen-bond acceptors (Lipinski definition) is 4. The van der Waals surface area contributed by atoms with E-state index in [1.165, 1.54) is 0 Å². The molecule has 4 rings (SSSR count). The summed E-state index contributed by atoms with van der Waals surface area (Å²) in [5.74, 6) is 0.377. The summed E-state index contributed by atoms with van der Waals surface area (Å²) in [6, 6.07) is 0. The Bertz CT molecular complexity index is 807. The Labute approximate surface area is 185 Å². The van der Waals surface area contributed by atoms with Crippen molar-refractivity contribution in [1.29, 1.82) is 0 Å². The highest BCUT2D eigenvalue weighted by Gasteiger charge is 2.73. The van der Waals surface area contributed by atoms with E-state index in [4.69, 9.17) is 0 Å². The van der Waals surface area contributed by atoms with Gasteiger partial charge in [-0.15, -0.1) is 0 Å². The van der Waals surface area contributed by atoms with Gasteiger partial charge in [0.25, 0.3) is 0 Å². The Morgan fingerprint density at radius 1 is 0.677 bits per heavy atom. The molecule has 6 heteroatoms. The zero-order valence-corrected chi connectivity index (χ0v) is 20.0. The molecule has 4 saturated carbocycles. The minimum Gasteiger partial charge on any atom is -0.356 e. The number of ketones is 2. The van der Waals surface area contributed by atoms with Crippen LogP contribution < -0.4 is 10.6 Å². The maximum absolute atomic E-state index is 13.1. The third kappa shape index (κ3) is 2.40. The number of rotatable bonds is 6. The van der Waals surface area contributed by atoms with Gasteiger partial charge in [-0.3, -0.25) is 19.2 Å². The molecule has 172 valence electrons. The van der Waals surface area contributed by atoms with Gasteiger partial charge in [0.15, 0.2) is 0 Å². The van der Waals surface area contributed by atoms with Gasteiger partial charge in [-0.05, 0) is 42.9 Å². The van der Waals surface area contributed by atoms with Crippen LogP contribution in [-0.4, -0.2) is 36.5 Å². The highest BCUT2D eigenvalue weighted by atomic mass is 16.2. The highest BCUT2D eigenvalue weighted by molar-refractivity contribution is 6.00. The Hall–Kier alpha value is -1.72. The van der Waals surface area contributed by atoms with E-state index < -0.39 is 21.7 Å². The van der Waals surface area contributed by atoms with E-state index in [0.29, 0.717) is 32.4 Å². The summed E-state index contributed by atoms with van der Waals surface area (Å²) in [4.78, 5) is 51.3. The largest absolute Gasteiger partial charge is 0.356 e. The molecule has 0 aromatic carbocycles. The van der Waals surface area contributed by atoms with Crippen molar-refractivity contribution in [2.45, 2.75) is 86.5 Å². The van der Waals surface area contributed by atoms with Crippen LogP contribution >= 0.6 is 0 Å². The Kier molecular flexibility index (Phi) is 4.65. The molecule has 0 unspecified atom stereocenters. The molecule has 0 spiro atoms. The van der Waals surface area contributed by atoms with Crippen LogP contribution in [0.3, 0.4) is 0 Å². The molecule has 0 radical (unpaired) electrons. The average Bonchev–Trinajstić information content (AvgIpc) is 3.15. The van der Waals surface area contributed by atoms with Gasteiger partial charge in [0.05, 0.1) is 10.8 Å². The zero-order valence-electron chi connectivity index (χ0n) is 20.0. The first-order chi connectivity index (χ1) is 14.2. The van der Waals surface area contributed by atoms with Crippen molar-refractivity contribution in [3.05, 3.63) is 0 Å². The van der Waals surface area contributed by atoms with Crippen LogP contribution in [0.2, 0.25) is 0 Å². The lowest BCUT2D eigenvalue weighted by molar-refractivity contribution is -0.136. The van der Waals surface area contributed by atoms with Gasteiger partial charge in [0, 0.05) is 36.8 Å². The van der Waals surface area contributed by atoms with Gasteiger partial charge in [0.1, 0.15) is 11.6 Å². The fourth-order valence-electron chi connectivity index (χ4n) is 7.55. The van der Waals surface area contributed by atoms with Crippen molar-refractivity contribution in [3.63, 3.8) is 0 Å². The van der Waals surface area contributed by atoms with Crippen molar-refractivity contribution in [3.8, 4) is 0 Å². The fraction of sp³-hybridized carbons (Fsp3) is 0.840. The molecule has 2 amide bonds. The molecule has 4 bridgehead atoms. The number of carbonyl (C=O) groups is 4. The molecule has 31 heavy (non-hydrogen) atoms. The molecular formula is C25H38N2O4. The number of amides is 2. The summed E-state index contributed by atoms with van der Waals surface area (Å²) >= 11 is 0. The highest BCUT2D eigenvalue weighted by Crippen LogP contribution is 2.71. The van der Waals surface area contributed by atoms with Crippen molar-refractivity contribution < 1.29 is 19.2 Å². The second-order valence-electron chi connectivity index (χ2n) is 12.1. The van der Waals surface area contributed by atoms with E-state index in [-0.39, 0.29) is 34.2 Å². The molecule has 0 aliphatic heterocycles. The van der Waals surface area contributed by atoms with E-state index in [0.717, 1.165) is 25.7 Å². The summed E-state index contributed by atoms with van der Waals surface area (Å²) < 4.78 is 0. The predicted octanol–water partition coefficient (Wildman–Crippen LogP) is 3.18. The first kappa shape index (κ1) is 22.5. The summed E-state index contributed by atoms with van der Waals surface area (Å²) in [5, 5.41) is 6.09. The molecule has 4 aliphatic rings.